The Labute approximate surface area is 161 Å². The minimum absolute atomic E-state index is 0.0875. The second kappa shape index (κ2) is 7.26. The van der Waals surface area contributed by atoms with Gasteiger partial charge in [-0.1, -0.05) is 32.0 Å². The van der Waals surface area contributed by atoms with Crippen LogP contribution < -0.4 is 4.31 Å². The van der Waals surface area contributed by atoms with Gasteiger partial charge in [-0.2, -0.15) is 4.31 Å². The van der Waals surface area contributed by atoms with Crippen molar-refractivity contribution in [2.45, 2.75) is 43.0 Å². The number of para-hydroxylation sites is 1. The van der Waals surface area contributed by atoms with Gasteiger partial charge in [0.05, 0.1) is 15.5 Å². The van der Waals surface area contributed by atoms with Crippen LogP contribution in [-0.2, 0) is 26.5 Å². The van der Waals surface area contributed by atoms with Gasteiger partial charge in [-0.15, -0.1) is 0 Å². The molecule has 0 aromatic heterocycles. The molecule has 0 bridgehead atoms. The molecular formula is C19H24N2O4S2. The molecule has 3 rings (SSSR count). The average Bonchev–Trinajstić information content (AvgIpc) is 2.99. The monoisotopic (exact) mass is 408 g/mol. The Morgan fingerprint density at radius 2 is 1.48 bits per heavy atom. The maximum absolute atomic E-state index is 13.2. The summed E-state index contributed by atoms with van der Waals surface area (Å²) in [5.41, 5.74) is 1.68. The smallest absolute Gasteiger partial charge is 0.263 e. The van der Waals surface area contributed by atoms with Crippen molar-refractivity contribution in [3.05, 3.63) is 54.1 Å². The number of rotatable bonds is 6. The molecule has 0 radical (unpaired) electrons. The number of nitrogens with zero attached hydrogens (tertiary/aromatic N) is 2. The molecule has 0 spiro atoms. The predicted octanol–water partition coefficient (Wildman–Crippen LogP) is 2.86. The molecule has 1 heterocycles. The van der Waals surface area contributed by atoms with Crippen molar-refractivity contribution in [2.75, 3.05) is 17.4 Å². The Morgan fingerprint density at radius 1 is 0.926 bits per heavy atom. The third-order valence-corrected chi connectivity index (χ3v) is 8.87. The van der Waals surface area contributed by atoms with E-state index in [9.17, 15) is 16.8 Å². The molecule has 1 atom stereocenters. The number of anilines is 1. The van der Waals surface area contributed by atoms with Crippen LogP contribution >= 0.6 is 0 Å². The lowest BCUT2D eigenvalue weighted by molar-refractivity contribution is 0.445. The molecule has 8 heteroatoms. The number of hydrogen-bond acceptors (Lipinski definition) is 4. The molecule has 1 aliphatic rings. The Morgan fingerprint density at radius 3 is 2.07 bits per heavy atom. The van der Waals surface area contributed by atoms with E-state index in [1.807, 2.05) is 25.1 Å². The molecule has 0 fully saturated rings. The summed E-state index contributed by atoms with van der Waals surface area (Å²) in [6, 6.07) is 12.7. The number of sulfonamides is 2. The van der Waals surface area contributed by atoms with E-state index in [1.54, 1.807) is 19.9 Å². The van der Waals surface area contributed by atoms with Crippen molar-refractivity contribution < 1.29 is 16.8 Å². The van der Waals surface area contributed by atoms with Gasteiger partial charge in [0.1, 0.15) is 0 Å². The number of hydrogen-bond donors (Lipinski definition) is 0. The fourth-order valence-electron chi connectivity index (χ4n) is 3.51. The van der Waals surface area contributed by atoms with Crippen LogP contribution in [0.4, 0.5) is 5.69 Å². The van der Waals surface area contributed by atoms with Gasteiger partial charge >= 0.3 is 0 Å². The van der Waals surface area contributed by atoms with E-state index < -0.39 is 20.0 Å². The summed E-state index contributed by atoms with van der Waals surface area (Å²) in [4.78, 5) is 0.185. The van der Waals surface area contributed by atoms with Crippen LogP contribution in [0, 0.1) is 0 Å². The Balaban J connectivity index is 1.98. The van der Waals surface area contributed by atoms with E-state index in [-0.39, 0.29) is 15.8 Å². The van der Waals surface area contributed by atoms with E-state index in [0.717, 1.165) is 5.56 Å². The summed E-state index contributed by atoms with van der Waals surface area (Å²) in [5, 5.41) is 0. The molecule has 1 aliphatic heterocycles. The predicted molar refractivity (Wildman–Crippen MR) is 106 cm³/mol. The Hall–Kier alpha value is -1.90. The first-order valence-electron chi connectivity index (χ1n) is 8.96. The number of fused-ring (bicyclic) bond motifs is 1. The zero-order chi connectivity index (χ0) is 19.8. The highest BCUT2D eigenvalue weighted by Crippen LogP contribution is 2.36. The fraction of sp³-hybridized carbons (Fsp3) is 0.368. The van der Waals surface area contributed by atoms with Gasteiger partial charge < -0.3 is 0 Å². The first kappa shape index (κ1) is 19.9. The van der Waals surface area contributed by atoms with Crippen molar-refractivity contribution in [3.63, 3.8) is 0 Å². The van der Waals surface area contributed by atoms with E-state index in [2.05, 4.69) is 0 Å². The maximum Gasteiger partial charge on any atom is 0.264 e. The van der Waals surface area contributed by atoms with Gasteiger partial charge in [-0.25, -0.2) is 16.8 Å². The minimum Gasteiger partial charge on any atom is -0.263 e. The van der Waals surface area contributed by atoms with Gasteiger partial charge in [0.25, 0.3) is 10.0 Å². The van der Waals surface area contributed by atoms with Crippen molar-refractivity contribution in [1.29, 1.82) is 0 Å². The molecule has 0 aliphatic carbocycles. The first-order valence-corrected chi connectivity index (χ1v) is 11.8. The molecule has 0 saturated carbocycles. The van der Waals surface area contributed by atoms with Crippen LogP contribution in [0.5, 0.6) is 0 Å². The van der Waals surface area contributed by atoms with Crippen molar-refractivity contribution >= 4 is 25.7 Å². The van der Waals surface area contributed by atoms with Crippen LogP contribution in [0.3, 0.4) is 0 Å². The molecule has 1 unspecified atom stereocenters. The van der Waals surface area contributed by atoms with E-state index in [0.29, 0.717) is 25.2 Å². The quantitative estimate of drug-likeness (QED) is 0.737. The zero-order valence-electron chi connectivity index (χ0n) is 15.7. The van der Waals surface area contributed by atoms with E-state index >= 15 is 0 Å². The lowest BCUT2D eigenvalue weighted by Gasteiger charge is -2.24. The molecule has 2 aromatic carbocycles. The lowest BCUT2D eigenvalue weighted by Crippen LogP contribution is -2.35. The van der Waals surface area contributed by atoms with Gasteiger partial charge in [0.15, 0.2) is 0 Å². The zero-order valence-corrected chi connectivity index (χ0v) is 17.3. The molecule has 0 amide bonds. The summed E-state index contributed by atoms with van der Waals surface area (Å²) >= 11 is 0. The normalized spacial score (nSPS) is 17.3. The van der Waals surface area contributed by atoms with Crippen LogP contribution in [0.1, 0.15) is 26.3 Å². The van der Waals surface area contributed by atoms with Crippen LogP contribution in [0.25, 0.3) is 0 Å². The fourth-order valence-corrected chi connectivity index (χ4v) is 6.66. The van der Waals surface area contributed by atoms with Gasteiger partial charge in [0.2, 0.25) is 10.0 Å². The molecule has 6 nitrogen and oxygen atoms in total. The van der Waals surface area contributed by atoms with Gasteiger partial charge in [-0.05, 0) is 49.2 Å². The first-order chi connectivity index (χ1) is 12.7. The summed E-state index contributed by atoms with van der Waals surface area (Å²) < 4.78 is 54.3. The standard InChI is InChI=1S/C19H24N2O4S2/c1-4-20(5-2)26(22,23)17-10-12-18(13-11-17)27(24,25)21-15(3)14-16-8-6-7-9-19(16)21/h6-13,15H,4-5,14H2,1-3H3. The van der Waals surface area contributed by atoms with Crippen molar-refractivity contribution in [2.24, 2.45) is 0 Å². The van der Waals surface area contributed by atoms with Crippen LogP contribution in [-0.4, -0.2) is 40.3 Å². The molecular weight excluding hydrogens is 384 g/mol. The summed E-state index contributed by atoms with van der Waals surface area (Å²) in [6.07, 6.45) is 0.657. The highest BCUT2D eigenvalue weighted by Gasteiger charge is 2.36. The Bertz CT molecular complexity index is 1030. The van der Waals surface area contributed by atoms with Crippen LogP contribution in [0.15, 0.2) is 58.3 Å². The van der Waals surface area contributed by atoms with E-state index in [4.69, 9.17) is 0 Å². The molecule has 146 valence electrons. The lowest BCUT2D eigenvalue weighted by atomic mass is 10.1. The average molecular weight is 409 g/mol. The largest absolute Gasteiger partial charge is 0.264 e. The topological polar surface area (TPSA) is 74.8 Å². The summed E-state index contributed by atoms with van der Waals surface area (Å²) in [6.45, 7) is 6.14. The third-order valence-electron chi connectivity index (χ3n) is 4.87. The van der Waals surface area contributed by atoms with Gasteiger partial charge in [0, 0.05) is 19.1 Å². The van der Waals surface area contributed by atoms with Crippen LogP contribution in [0.2, 0.25) is 0 Å². The summed E-state index contributed by atoms with van der Waals surface area (Å²) in [7, 11) is -7.39. The minimum atomic E-state index is -3.77. The third kappa shape index (κ3) is 3.37. The number of benzene rings is 2. The maximum atomic E-state index is 13.2. The second-order valence-electron chi connectivity index (χ2n) is 6.54. The highest BCUT2D eigenvalue weighted by molar-refractivity contribution is 7.93. The second-order valence-corrected chi connectivity index (χ2v) is 10.3. The summed E-state index contributed by atoms with van der Waals surface area (Å²) in [5.74, 6) is 0. The van der Waals surface area contributed by atoms with Crippen molar-refractivity contribution in [1.82, 2.24) is 4.31 Å². The highest BCUT2D eigenvalue weighted by atomic mass is 32.2. The molecule has 0 saturated heterocycles. The van der Waals surface area contributed by atoms with E-state index in [1.165, 1.54) is 32.9 Å². The molecule has 2 aromatic rings. The Kier molecular flexibility index (Phi) is 5.33. The molecule has 27 heavy (non-hydrogen) atoms. The van der Waals surface area contributed by atoms with Gasteiger partial charge in [-0.3, -0.25) is 4.31 Å². The SMILES string of the molecule is CCN(CC)S(=O)(=O)c1ccc(S(=O)(=O)N2c3ccccc3CC2C)cc1. The molecule has 0 N–H and O–H groups in total. The van der Waals surface area contributed by atoms with Crippen molar-refractivity contribution in [3.8, 4) is 0 Å².